The van der Waals surface area contributed by atoms with Gasteiger partial charge in [-0.15, -0.1) is 5.73 Å². The van der Waals surface area contributed by atoms with Gasteiger partial charge in [-0.25, -0.2) is 0 Å². The van der Waals surface area contributed by atoms with Gasteiger partial charge in [-0.2, -0.15) is 0 Å². The van der Waals surface area contributed by atoms with Crippen molar-refractivity contribution in [1.29, 1.82) is 0 Å². The molecule has 0 aliphatic heterocycles. The van der Waals surface area contributed by atoms with Gasteiger partial charge in [0.25, 0.3) is 0 Å². The maximum absolute atomic E-state index is 3.19. The Bertz CT molecular complexity index is 384. The lowest BCUT2D eigenvalue weighted by Gasteiger charge is -1.93. The predicted octanol–water partition coefficient (Wildman–Crippen LogP) is 7.47. The molecule has 0 atom stereocenters. The molecule has 0 aromatic rings. The van der Waals surface area contributed by atoms with Crippen molar-refractivity contribution in [2.24, 2.45) is 0 Å². The minimum Gasteiger partial charge on any atom is -0.125 e. The van der Waals surface area contributed by atoms with E-state index in [1.807, 2.05) is 6.08 Å². The fraction of sp³-hybridized carbons (Fsp3) is 0.500. The molecule has 0 aromatic carbocycles. The highest BCUT2D eigenvalue weighted by atomic mass is 13.9. The van der Waals surface area contributed by atoms with Gasteiger partial charge in [-0.3, -0.25) is 0 Å². The summed E-state index contributed by atoms with van der Waals surface area (Å²) in [5, 5.41) is 0. The third-order valence-corrected chi connectivity index (χ3v) is 3.20. The number of hydrogen-bond donors (Lipinski definition) is 0. The first-order valence-corrected chi connectivity index (χ1v) is 8.92. The van der Waals surface area contributed by atoms with E-state index in [-0.39, 0.29) is 0 Å². The number of hydrogen-bond acceptors (Lipinski definition) is 0. The molecule has 0 bridgehead atoms. The van der Waals surface area contributed by atoms with E-state index < -0.39 is 0 Å². The molecular weight excluding hydrogens is 264 g/mol. The van der Waals surface area contributed by atoms with E-state index in [0.717, 1.165) is 25.7 Å². The topological polar surface area (TPSA) is 0 Å². The fourth-order valence-electron chi connectivity index (χ4n) is 1.92. The summed E-state index contributed by atoms with van der Waals surface area (Å²) in [5.41, 5.74) is 3.19. The van der Waals surface area contributed by atoms with E-state index in [0.29, 0.717) is 0 Å². The van der Waals surface area contributed by atoms with E-state index in [1.165, 1.54) is 32.1 Å². The van der Waals surface area contributed by atoms with Gasteiger partial charge in [0.2, 0.25) is 0 Å². The maximum Gasteiger partial charge on any atom is -0.00929 e. The van der Waals surface area contributed by atoms with Gasteiger partial charge in [-0.05, 0) is 50.7 Å². The van der Waals surface area contributed by atoms with Crippen molar-refractivity contribution >= 4 is 0 Å². The van der Waals surface area contributed by atoms with Crippen molar-refractivity contribution in [3.8, 4) is 0 Å². The van der Waals surface area contributed by atoms with Crippen LogP contribution in [0.2, 0.25) is 0 Å². The van der Waals surface area contributed by atoms with Crippen molar-refractivity contribution in [2.45, 2.75) is 71.6 Å². The summed E-state index contributed by atoms with van der Waals surface area (Å²) >= 11 is 0. The van der Waals surface area contributed by atoms with Crippen LogP contribution in [-0.4, -0.2) is 0 Å². The zero-order chi connectivity index (χ0) is 16.1. The summed E-state index contributed by atoms with van der Waals surface area (Å²) in [4.78, 5) is 0. The summed E-state index contributed by atoms with van der Waals surface area (Å²) in [6, 6.07) is 0. The summed E-state index contributed by atoms with van der Waals surface area (Å²) in [6.45, 7) is 4.41. The fourth-order valence-corrected chi connectivity index (χ4v) is 1.92. The third kappa shape index (κ3) is 18.5. The number of unbranched alkanes of at least 4 members (excludes halogenated alkanes) is 4. The van der Waals surface area contributed by atoms with Crippen molar-refractivity contribution in [3.05, 3.63) is 66.5 Å². The quantitative estimate of drug-likeness (QED) is 0.143. The van der Waals surface area contributed by atoms with E-state index in [9.17, 15) is 0 Å². The van der Waals surface area contributed by atoms with Gasteiger partial charge < -0.3 is 0 Å². The maximum atomic E-state index is 3.19. The van der Waals surface area contributed by atoms with Crippen molar-refractivity contribution in [3.63, 3.8) is 0 Å². The van der Waals surface area contributed by atoms with Gasteiger partial charge in [0, 0.05) is 0 Å². The van der Waals surface area contributed by atoms with Crippen LogP contribution in [0.25, 0.3) is 0 Å². The van der Waals surface area contributed by atoms with E-state index in [1.54, 1.807) is 0 Å². The summed E-state index contributed by atoms with van der Waals surface area (Å²) in [5.74, 6) is 0. The highest BCUT2D eigenvalue weighted by molar-refractivity contribution is 5.06. The summed E-state index contributed by atoms with van der Waals surface area (Å²) in [7, 11) is 0. The van der Waals surface area contributed by atoms with Gasteiger partial charge in [0.15, 0.2) is 0 Å². The molecule has 0 aromatic heterocycles. The second kappa shape index (κ2) is 19.5. The predicted molar refractivity (Wildman–Crippen MR) is 102 cm³/mol. The monoisotopic (exact) mass is 298 g/mol. The molecule has 0 unspecified atom stereocenters. The Morgan fingerprint density at radius 2 is 1.41 bits per heavy atom. The molecule has 0 heterocycles. The highest BCUT2D eigenvalue weighted by Gasteiger charge is 1.83. The van der Waals surface area contributed by atoms with Crippen LogP contribution >= 0.6 is 0 Å². The Hall–Kier alpha value is -1.52. The number of rotatable bonds is 13. The molecular formula is C22H34. The van der Waals surface area contributed by atoms with Crippen LogP contribution in [0.5, 0.6) is 0 Å². The first-order valence-electron chi connectivity index (χ1n) is 8.92. The Kier molecular flexibility index (Phi) is 18.1. The molecule has 0 fully saturated rings. The lowest BCUT2D eigenvalue weighted by molar-refractivity contribution is 0.674. The first kappa shape index (κ1) is 20.5. The van der Waals surface area contributed by atoms with E-state index in [4.69, 9.17) is 0 Å². The van der Waals surface area contributed by atoms with Crippen LogP contribution in [0.1, 0.15) is 71.6 Å². The van der Waals surface area contributed by atoms with Crippen LogP contribution < -0.4 is 0 Å². The minimum atomic E-state index is 0.988. The Labute approximate surface area is 138 Å². The lowest BCUT2D eigenvalue weighted by atomic mass is 10.1. The standard InChI is InChI=1S/C22H34/c1-3-5-7-9-11-13-15-17-19-21-22-20-18-16-14-12-10-8-6-4-2/h5,7,11,13-14,16-17,19-21H,3-4,6,8-10,12,15,18H2,1-2H3/b7-5+,13-11+,16-14+,19-17+. The van der Waals surface area contributed by atoms with Crippen LogP contribution in [-0.2, 0) is 0 Å². The van der Waals surface area contributed by atoms with E-state index in [2.05, 4.69) is 74.3 Å². The molecule has 0 radical (unpaired) electrons. The third-order valence-electron chi connectivity index (χ3n) is 3.20. The zero-order valence-electron chi connectivity index (χ0n) is 14.6. The highest BCUT2D eigenvalue weighted by Crippen LogP contribution is 2.03. The minimum absolute atomic E-state index is 0.988. The second-order valence-electron chi connectivity index (χ2n) is 5.34. The molecule has 122 valence electrons. The molecule has 0 rings (SSSR count). The molecule has 0 nitrogen and oxygen atoms in total. The van der Waals surface area contributed by atoms with Crippen molar-refractivity contribution in [1.82, 2.24) is 0 Å². The van der Waals surface area contributed by atoms with Crippen LogP contribution in [0.3, 0.4) is 0 Å². The largest absolute Gasteiger partial charge is 0.125 e. The molecule has 0 aliphatic rings. The number of allylic oxidation sites excluding steroid dienone is 9. The van der Waals surface area contributed by atoms with E-state index >= 15 is 0 Å². The molecule has 22 heavy (non-hydrogen) atoms. The van der Waals surface area contributed by atoms with Gasteiger partial charge in [0.05, 0.1) is 0 Å². The van der Waals surface area contributed by atoms with Crippen LogP contribution in [0, 0.1) is 0 Å². The Balaban J connectivity index is 3.56. The smallest absolute Gasteiger partial charge is 0.00929 e. The molecule has 0 aliphatic carbocycles. The Morgan fingerprint density at radius 3 is 2.18 bits per heavy atom. The van der Waals surface area contributed by atoms with Crippen molar-refractivity contribution in [2.75, 3.05) is 0 Å². The zero-order valence-corrected chi connectivity index (χ0v) is 14.6. The molecule has 0 saturated heterocycles. The summed E-state index contributed by atoms with van der Waals surface area (Å²) < 4.78 is 0. The summed E-state index contributed by atoms with van der Waals surface area (Å²) in [6.07, 6.45) is 32.4. The normalized spacial score (nSPS) is 11.9. The van der Waals surface area contributed by atoms with Gasteiger partial charge >= 0.3 is 0 Å². The SMILES string of the molecule is CC/C=C/C/C=C/C/C=C/C=C=CC/C=C/CCCCCC. The van der Waals surface area contributed by atoms with Crippen LogP contribution in [0.4, 0.5) is 0 Å². The molecule has 0 amide bonds. The van der Waals surface area contributed by atoms with Gasteiger partial charge in [0.1, 0.15) is 0 Å². The molecule has 0 spiro atoms. The molecule has 0 heteroatoms. The Morgan fingerprint density at radius 1 is 0.682 bits per heavy atom. The lowest BCUT2D eigenvalue weighted by Crippen LogP contribution is -1.73. The van der Waals surface area contributed by atoms with Crippen molar-refractivity contribution < 1.29 is 0 Å². The first-order chi connectivity index (χ1) is 10.9. The van der Waals surface area contributed by atoms with Gasteiger partial charge in [-0.1, -0.05) is 81.7 Å². The second-order valence-corrected chi connectivity index (χ2v) is 5.34. The molecule has 0 N–H and O–H groups in total. The average Bonchev–Trinajstić information content (AvgIpc) is 2.54. The average molecular weight is 299 g/mol. The molecule has 0 saturated carbocycles. The van der Waals surface area contributed by atoms with Crippen LogP contribution in [0.15, 0.2) is 66.5 Å².